The molecule has 0 spiro atoms. The number of urea groups is 1. The van der Waals surface area contributed by atoms with Crippen molar-refractivity contribution in [1.82, 2.24) is 4.98 Å². The first-order valence-corrected chi connectivity index (χ1v) is 9.20. The summed E-state index contributed by atoms with van der Waals surface area (Å²) in [7, 11) is 0. The van der Waals surface area contributed by atoms with E-state index in [-0.39, 0.29) is 6.07 Å². The fraction of sp³-hybridized carbons (Fsp3) is 0.158. The van der Waals surface area contributed by atoms with E-state index >= 15 is 0 Å². The van der Waals surface area contributed by atoms with Crippen LogP contribution in [-0.2, 0) is 12.4 Å². The molecular weight excluding hydrogens is 432 g/mol. The lowest BCUT2D eigenvalue weighted by molar-refractivity contribution is -0.143. The van der Waals surface area contributed by atoms with E-state index in [1.807, 2.05) is 17.6 Å². The molecule has 0 atom stereocenters. The Kier molecular flexibility index (Phi) is 5.75. The highest BCUT2D eigenvalue weighted by Gasteiger charge is 2.37. The number of alkyl halides is 6. The van der Waals surface area contributed by atoms with Gasteiger partial charge in [-0.05, 0) is 37.3 Å². The van der Waals surface area contributed by atoms with Gasteiger partial charge in [-0.3, -0.25) is 0 Å². The summed E-state index contributed by atoms with van der Waals surface area (Å²) in [4.78, 5) is 16.4. The Hall–Kier alpha value is -3.08. The number of nitrogens with one attached hydrogen (secondary N) is 2. The zero-order valence-corrected chi connectivity index (χ0v) is 16.0. The summed E-state index contributed by atoms with van der Waals surface area (Å²) in [5, 5.41) is 7.10. The Balaban J connectivity index is 1.75. The molecule has 2 N–H and O–H groups in total. The molecule has 2 amide bonds. The van der Waals surface area contributed by atoms with Crippen molar-refractivity contribution in [2.45, 2.75) is 19.3 Å². The molecule has 0 saturated heterocycles. The van der Waals surface area contributed by atoms with Crippen molar-refractivity contribution in [3.05, 3.63) is 64.0 Å². The third-order valence-electron chi connectivity index (χ3n) is 3.90. The minimum absolute atomic E-state index is 0.0119. The maximum absolute atomic E-state index is 12.9. The standard InChI is InChI=1S/C19H13F6N3OS/c1-10-26-16(9-30-10)11-2-4-14(5-3-11)27-17(29)28-15-7-12(18(20,21)22)6-13(8-15)19(23,24)25/h2-9H,1H3,(H2,27,28,29). The average Bonchev–Trinajstić information content (AvgIpc) is 3.07. The van der Waals surface area contributed by atoms with E-state index in [2.05, 4.69) is 10.3 Å². The Labute approximate surface area is 170 Å². The molecule has 30 heavy (non-hydrogen) atoms. The second-order valence-corrected chi connectivity index (χ2v) is 7.27. The molecule has 0 aliphatic carbocycles. The minimum Gasteiger partial charge on any atom is -0.308 e. The summed E-state index contributed by atoms with van der Waals surface area (Å²) in [6, 6.07) is 6.30. The normalized spacial score (nSPS) is 12.0. The molecule has 4 nitrogen and oxygen atoms in total. The second kappa shape index (κ2) is 7.98. The van der Waals surface area contributed by atoms with Gasteiger partial charge in [-0.1, -0.05) is 12.1 Å². The molecule has 3 rings (SSSR count). The van der Waals surface area contributed by atoms with Gasteiger partial charge in [-0.2, -0.15) is 26.3 Å². The number of thiazole rings is 1. The number of benzene rings is 2. The topological polar surface area (TPSA) is 54.0 Å². The van der Waals surface area contributed by atoms with Crippen molar-refractivity contribution in [3.63, 3.8) is 0 Å². The number of carbonyl (C=O) groups is 1. The third-order valence-corrected chi connectivity index (χ3v) is 4.68. The molecule has 0 unspecified atom stereocenters. The molecule has 0 radical (unpaired) electrons. The maximum atomic E-state index is 12.9. The Morgan fingerprint density at radius 3 is 1.87 bits per heavy atom. The van der Waals surface area contributed by atoms with Gasteiger partial charge >= 0.3 is 18.4 Å². The quantitative estimate of drug-likeness (QED) is 0.436. The molecule has 0 saturated carbocycles. The predicted octanol–water partition coefficient (Wildman–Crippen LogP) is 6.80. The first-order valence-electron chi connectivity index (χ1n) is 8.32. The molecule has 0 fully saturated rings. The Bertz CT molecular complexity index is 1030. The number of rotatable bonds is 3. The number of nitrogens with zero attached hydrogens (tertiary/aromatic N) is 1. The van der Waals surface area contributed by atoms with Crippen molar-refractivity contribution in [2.75, 3.05) is 10.6 Å². The van der Waals surface area contributed by atoms with Crippen LogP contribution in [0.2, 0.25) is 0 Å². The van der Waals surface area contributed by atoms with Crippen LogP contribution in [0.4, 0.5) is 42.5 Å². The van der Waals surface area contributed by atoms with Crippen LogP contribution in [-0.4, -0.2) is 11.0 Å². The molecule has 2 aromatic carbocycles. The van der Waals surface area contributed by atoms with Crippen LogP contribution >= 0.6 is 11.3 Å². The van der Waals surface area contributed by atoms with Crippen LogP contribution in [0, 0.1) is 6.92 Å². The van der Waals surface area contributed by atoms with E-state index in [0.717, 1.165) is 16.3 Å². The number of hydrogen-bond donors (Lipinski definition) is 2. The number of anilines is 2. The van der Waals surface area contributed by atoms with E-state index in [0.29, 0.717) is 17.8 Å². The number of amides is 2. The molecule has 1 heterocycles. The van der Waals surface area contributed by atoms with Crippen molar-refractivity contribution in [3.8, 4) is 11.3 Å². The molecule has 11 heteroatoms. The van der Waals surface area contributed by atoms with Crippen molar-refractivity contribution >= 4 is 28.7 Å². The monoisotopic (exact) mass is 445 g/mol. The number of aromatic nitrogens is 1. The highest BCUT2D eigenvalue weighted by atomic mass is 32.1. The molecule has 0 aliphatic heterocycles. The maximum Gasteiger partial charge on any atom is 0.416 e. The van der Waals surface area contributed by atoms with Crippen molar-refractivity contribution in [2.24, 2.45) is 0 Å². The lowest BCUT2D eigenvalue weighted by atomic mass is 10.1. The predicted molar refractivity (Wildman–Crippen MR) is 101 cm³/mol. The van der Waals surface area contributed by atoms with Gasteiger partial charge in [0, 0.05) is 22.3 Å². The number of carbonyl (C=O) groups excluding carboxylic acids is 1. The van der Waals surface area contributed by atoms with Gasteiger partial charge in [0.05, 0.1) is 21.8 Å². The summed E-state index contributed by atoms with van der Waals surface area (Å²) >= 11 is 1.47. The lowest BCUT2D eigenvalue weighted by Crippen LogP contribution is -2.20. The van der Waals surface area contributed by atoms with Crippen LogP contribution in [0.3, 0.4) is 0 Å². The summed E-state index contributed by atoms with van der Waals surface area (Å²) in [6.07, 6.45) is -10.0. The number of halogens is 6. The number of aryl methyl sites for hydroxylation is 1. The van der Waals surface area contributed by atoms with Gasteiger partial charge in [0.2, 0.25) is 0 Å². The summed E-state index contributed by atoms with van der Waals surface area (Å²) in [5.41, 5.74) is -1.84. The SMILES string of the molecule is Cc1nc(-c2ccc(NC(=O)Nc3cc(C(F)(F)F)cc(C(F)(F)F)c3)cc2)cs1. The fourth-order valence-electron chi connectivity index (χ4n) is 2.54. The average molecular weight is 445 g/mol. The molecule has 0 bridgehead atoms. The van der Waals surface area contributed by atoms with Gasteiger partial charge in [0.15, 0.2) is 0 Å². The molecule has 3 aromatic rings. The van der Waals surface area contributed by atoms with Crippen LogP contribution in [0.1, 0.15) is 16.1 Å². The van der Waals surface area contributed by atoms with Gasteiger partial charge in [-0.15, -0.1) is 11.3 Å². The fourth-order valence-corrected chi connectivity index (χ4v) is 3.16. The minimum atomic E-state index is -5.00. The molecule has 1 aromatic heterocycles. The zero-order chi connectivity index (χ0) is 22.1. The first-order chi connectivity index (χ1) is 13.9. The smallest absolute Gasteiger partial charge is 0.308 e. The van der Waals surface area contributed by atoms with Crippen LogP contribution in [0.25, 0.3) is 11.3 Å². The third kappa shape index (κ3) is 5.29. The highest BCUT2D eigenvalue weighted by molar-refractivity contribution is 7.09. The van der Waals surface area contributed by atoms with E-state index in [1.54, 1.807) is 12.1 Å². The molecule has 0 aliphatic rings. The van der Waals surface area contributed by atoms with E-state index < -0.39 is 35.2 Å². The van der Waals surface area contributed by atoms with Gasteiger partial charge < -0.3 is 10.6 Å². The van der Waals surface area contributed by atoms with Crippen LogP contribution < -0.4 is 10.6 Å². The molecule has 158 valence electrons. The zero-order valence-electron chi connectivity index (χ0n) is 15.2. The summed E-state index contributed by atoms with van der Waals surface area (Å²) in [6.45, 7) is 1.85. The van der Waals surface area contributed by atoms with Crippen LogP contribution in [0.5, 0.6) is 0 Å². The van der Waals surface area contributed by atoms with Gasteiger partial charge in [-0.25, -0.2) is 9.78 Å². The van der Waals surface area contributed by atoms with E-state index in [9.17, 15) is 31.1 Å². The second-order valence-electron chi connectivity index (χ2n) is 6.20. The van der Waals surface area contributed by atoms with Gasteiger partial charge in [0.1, 0.15) is 0 Å². The van der Waals surface area contributed by atoms with Crippen molar-refractivity contribution in [1.29, 1.82) is 0 Å². The summed E-state index contributed by atoms with van der Waals surface area (Å²) < 4.78 is 77.4. The van der Waals surface area contributed by atoms with Crippen LogP contribution in [0.15, 0.2) is 47.8 Å². The number of hydrogen-bond acceptors (Lipinski definition) is 3. The van der Waals surface area contributed by atoms with Crippen molar-refractivity contribution < 1.29 is 31.1 Å². The summed E-state index contributed by atoms with van der Waals surface area (Å²) in [5.74, 6) is 0. The first kappa shape index (κ1) is 21.6. The Morgan fingerprint density at radius 2 is 1.40 bits per heavy atom. The lowest BCUT2D eigenvalue weighted by Gasteiger charge is -2.15. The van der Waals surface area contributed by atoms with E-state index in [4.69, 9.17) is 0 Å². The highest BCUT2D eigenvalue weighted by Crippen LogP contribution is 2.37. The molecular formula is C19H13F6N3OS. The Morgan fingerprint density at radius 1 is 0.867 bits per heavy atom. The van der Waals surface area contributed by atoms with Gasteiger partial charge in [0.25, 0.3) is 0 Å². The largest absolute Gasteiger partial charge is 0.416 e. The van der Waals surface area contributed by atoms with E-state index in [1.165, 1.54) is 23.5 Å².